The van der Waals surface area contributed by atoms with Gasteiger partial charge < -0.3 is 14.2 Å². The summed E-state index contributed by atoms with van der Waals surface area (Å²) in [6.07, 6.45) is 0.570. The zero-order valence-electron chi connectivity index (χ0n) is 15.1. The second kappa shape index (κ2) is 5.27. The Morgan fingerprint density at radius 2 is 1.92 bits per heavy atom. The molecule has 0 saturated carbocycles. The number of piperidine rings is 1. The minimum absolute atomic E-state index is 0.0551. The Morgan fingerprint density at radius 3 is 2.44 bits per heavy atom. The van der Waals surface area contributed by atoms with E-state index in [0.29, 0.717) is 12.8 Å². The number of esters is 2. The van der Waals surface area contributed by atoms with Crippen molar-refractivity contribution < 1.29 is 33.4 Å². The summed E-state index contributed by atoms with van der Waals surface area (Å²) in [6, 6.07) is -0.857. The molecule has 0 aromatic carbocycles. The summed E-state index contributed by atoms with van der Waals surface area (Å²) in [6.45, 7) is 6.46. The molecular formula is C17H23NO7. The Labute approximate surface area is 145 Å². The van der Waals surface area contributed by atoms with Crippen LogP contribution in [0, 0.1) is 5.92 Å². The second-order valence-electron chi connectivity index (χ2n) is 7.90. The highest BCUT2D eigenvalue weighted by molar-refractivity contribution is 6.11. The van der Waals surface area contributed by atoms with E-state index in [1.807, 2.05) is 0 Å². The van der Waals surface area contributed by atoms with Crippen LogP contribution in [-0.4, -0.2) is 58.6 Å². The highest BCUT2D eigenvalue weighted by Crippen LogP contribution is 2.59. The molecule has 3 rings (SSSR count). The lowest BCUT2D eigenvalue weighted by atomic mass is 9.80. The molecule has 3 saturated heterocycles. The first-order valence-corrected chi connectivity index (χ1v) is 8.34. The Morgan fingerprint density at radius 1 is 1.28 bits per heavy atom. The van der Waals surface area contributed by atoms with E-state index in [-0.39, 0.29) is 12.2 Å². The molecule has 3 aliphatic rings. The second-order valence-corrected chi connectivity index (χ2v) is 7.90. The minimum atomic E-state index is -1.86. The molecule has 0 aromatic heterocycles. The molecule has 4 atom stereocenters. The van der Waals surface area contributed by atoms with Gasteiger partial charge in [0.25, 0.3) is 5.91 Å². The number of carbonyl (C=O) groups excluding carboxylic acids is 4. The molecule has 25 heavy (non-hydrogen) atoms. The third-order valence-electron chi connectivity index (χ3n) is 5.14. The van der Waals surface area contributed by atoms with Crippen molar-refractivity contribution in [1.29, 1.82) is 0 Å². The fourth-order valence-electron chi connectivity index (χ4n) is 4.19. The maximum atomic E-state index is 13.1. The molecule has 3 fully saturated rings. The van der Waals surface area contributed by atoms with Crippen molar-refractivity contribution in [1.82, 2.24) is 4.90 Å². The number of fused-ring (bicyclic) bond motifs is 1. The summed E-state index contributed by atoms with van der Waals surface area (Å²) in [5, 5.41) is 0. The van der Waals surface area contributed by atoms with Gasteiger partial charge in [-0.2, -0.15) is 0 Å². The number of carbonyl (C=O) groups is 4. The quantitative estimate of drug-likeness (QED) is 0.540. The van der Waals surface area contributed by atoms with Crippen LogP contribution in [0.3, 0.4) is 0 Å². The molecule has 3 heterocycles. The molecule has 8 heteroatoms. The van der Waals surface area contributed by atoms with Gasteiger partial charge in [-0.15, -0.1) is 0 Å². The smallest absolute Gasteiger partial charge is 0.349 e. The molecular weight excluding hydrogens is 330 g/mol. The average molecular weight is 353 g/mol. The number of hydrogen-bond donors (Lipinski definition) is 0. The summed E-state index contributed by atoms with van der Waals surface area (Å²) in [4.78, 5) is 51.4. The highest BCUT2D eigenvalue weighted by Gasteiger charge is 2.78. The summed E-state index contributed by atoms with van der Waals surface area (Å²) >= 11 is 0. The number of ether oxygens (including phenoxy) is 3. The molecule has 8 nitrogen and oxygen atoms in total. The molecule has 1 spiro atoms. The Hall–Kier alpha value is -1.96. The summed E-state index contributed by atoms with van der Waals surface area (Å²) in [7, 11) is 1.24. The lowest BCUT2D eigenvalue weighted by molar-refractivity contribution is -0.182. The van der Waals surface area contributed by atoms with Crippen molar-refractivity contribution >= 4 is 23.6 Å². The van der Waals surface area contributed by atoms with Crippen LogP contribution in [0.4, 0.5) is 0 Å². The van der Waals surface area contributed by atoms with Crippen LogP contribution in [0.2, 0.25) is 0 Å². The van der Waals surface area contributed by atoms with Gasteiger partial charge in [0.1, 0.15) is 17.4 Å². The molecule has 0 aromatic rings. The van der Waals surface area contributed by atoms with Crippen LogP contribution < -0.4 is 0 Å². The molecule has 0 aliphatic carbocycles. The lowest BCUT2D eigenvalue weighted by Gasteiger charge is -2.37. The first-order chi connectivity index (χ1) is 11.5. The molecule has 1 amide bonds. The van der Waals surface area contributed by atoms with Crippen LogP contribution >= 0.6 is 0 Å². The number of ketones is 1. The van der Waals surface area contributed by atoms with Crippen LogP contribution in [-0.2, 0) is 33.4 Å². The van der Waals surface area contributed by atoms with Gasteiger partial charge in [0.15, 0.2) is 5.72 Å². The first-order valence-electron chi connectivity index (χ1n) is 8.34. The van der Waals surface area contributed by atoms with Crippen molar-refractivity contribution in [3.8, 4) is 0 Å². The van der Waals surface area contributed by atoms with Gasteiger partial charge >= 0.3 is 11.9 Å². The lowest BCUT2D eigenvalue weighted by Crippen LogP contribution is -2.59. The highest BCUT2D eigenvalue weighted by atomic mass is 16.6. The van der Waals surface area contributed by atoms with Crippen LogP contribution in [0.1, 0.15) is 47.0 Å². The Balaban J connectivity index is 2.04. The van der Waals surface area contributed by atoms with Gasteiger partial charge in [0.2, 0.25) is 5.60 Å². The fraction of sp³-hybridized carbons (Fsp3) is 0.765. The van der Waals surface area contributed by atoms with E-state index >= 15 is 0 Å². The maximum Gasteiger partial charge on any atom is 0.349 e. The van der Waals surface area contributed by atoms with Crippen LogP contribution in [0.5, 0.6) is 0 Å². The fourth-order valence-corrected chi connectivity index (χ4v) is 4.19. The van der Waals surface area contributed by atoms with Crippen molar-refractivity contribution in [3.05, 3.63) is 0 Å². The largest absolute Gasteiger partial charge is 0.467 e. The topological polar surface area (TPSA) is 99.2 Å². The average Bonchev–Trinajstić information content (AvgIpc) is 3.11. The van der Waals surface area contributed by atoms with Gasteiger partial charge in [-0.05, 0) is 40.5 Å². The zero-order chi connectivity index (χ0) is 18.8. The number of rotatable bonds is 3. The van der Waals surface area contributed by atoms with Crippen LogP contribution in [0.25, 0.3) is 0 Å². The summed E-state index contributed by atoms with van der Waals surface area (Å²) in [5.74, 6) is -2.87. The van der Waals surface area contributed by atoms with Crippen molar-refractivity contribution in [2.45, 2.75) is 69.9 Å². The zero-order valence-corrected chi connectivity index (χ0v) is 15.1. The van der Waals surface area contributed by atoms with E-state index < -0.39 is 46.7 Å². The van der Waals surface area contributed by atoms with E-state index in [2.05, 4.69) is 0 Å². The molecule has 2 bridgehead atoms. The van der Waals surface area contributed by atoms with Gasteiger partial charge in [-0.1, -0.05) is 0 Å². The van der Waals surface area contributed by atoms with Crippen molar-refractivity contribution in [3.63, 3.8) is 0 Å². The molecule has 138 valence electrons. The van der Waals surface area contributed by atoms with E-state index in [4.69, 9.17) is 14.2 Å². The van der Waals surface area contributed by atoms with Crippen molar-refractivity contribution in [2.24, 2.45) is 5.92 Å². The third kappa shape index (κ3) is 2.30. The number of hydrogen-bond acceptors (Lipinski definition) is 7. The van der Waals surface area contributed by atoms with Gasteiger partial charge in [0.05, 0.1) is 13.0 Å². The molecule has 0 N–H and O–H groups in total. The minimum Gasteiger partial charge on any atom is -0.467 e. The molecule has 0 radical (unpaired) electrons. The third-order valence-corrected chi connectivity index (χ3v) is 5.14. The predicted octanol–water partition coefficient (Wildman–Crippen LogP) is 0.566. The number of amides is 1. The van der Waals surface area contributed by atoms with E-state index in [1.165, 1.54) is 18.9 Å². The van der Waals surface area contributed by atoms with Gasteiger partial charge in [-0.25, -0.2) is 9.59 Å². The number of Topliss-reactive ketones (excluding diaryl/α,β-unsaturated/α-hetero) is 1. The van der Waals surface area contributed by atoms with E-state index in [0.717, 1.165) is 0 Å². The molecule has 3 unspecified atom stereocenters. The van der Waals surface area contributed by atoms with Crippen molar-refractivity contribution in [2.75, 3.05) is 7.11 Å². The summed E-state index contributed by atoms with van der Waals surface area (Å²) < 4.78 is 16.1. The molecule has 3 aliphatic heterocycles. The predicted molar refractivity (Wildman–Crippen MR) is 83.1 cm³/mol. The van der Waals surface area contributed by atoms with Gasteiger partial charge in [0, 0.05) is 6.42 Å². The Kier molecular flexibility index (Phi) is 3.76. The maximum absolute atomic E-state index is 13.1. The standard InChI is InChI=1S/C17H23NO7/c1-9(19)10-8-16(14(22)24-15(2,3)4)13(21)18-11(12(20)23-5)6-7-17(10,18)25-16/h10-11H,6-8H2,1-5H3/t10?,11-,16?,17?/m0/s1. The number of nitrogens with zero attached hydrogens (tertiary/aromatic N) is 1. The first kappa shape index (κ1) is 17.8. The van der Waals surface area contributed by atoms with E-state index in [9.17, 15) is 19.2 Å². The monoisotopic (exact) mass is 353 g/mol. The van der Waals surface area contributed by atoms with Crippen LogP contribution in [0.15, 0.2) is 0 Å². The summed E-state index contributed by atoms with van der Waals surface area (Å²) in [5.41, 5.74) is -3.94. The Bertz CT molecular complexity index is 666. The number of methoxy groups -OCH3 is 1. The SMILES string of the molecule is COC(=O)[C@@H]1CCC23OC(C(=O)OC(C)(C)C)(CC2C(C)=O)C(=O)N13. The van der Waals surface area contributed by atoms with Gasteiger partial charge in [-0.3, -0.25) is 14.5 Å². The normalized spacial score (nSPS) is 36.4. The van der Waals surface area contributed by atoms with E-state index in [1.54, 1.807) is 20.8 Å².